The van der Waals surface area contributed by atoms with E-state index in [2.05, 4.69) is 10.6 Å². The van der Waals surface area contributed by atoms with E-state index in [4.69, 9.17) is 16.3 Å². The largest absolute Gasteiger partial charge is 0.495 e. The highest BCUT2D eigenvalue weighted by Crippen LogP contribution is 2.29. The summed E-state index contributed by atoms with van der Waals surface area (Å²) >= 11 is 7.47. The Morgan fingerprint density at radius 1 is 1.12 bits per heavy atom. The molecule has 0 aliphatic rings. The summed E-state index contributed by atoms with van der Waals surface area (Å²) < 4.78 is 5.09. The normalized spacial score (nSPS) is 11.5. The van der Waals surface area contributed by atoms with Gasteiger partial charge in [-0.2, -0.15) is 0 Å². The van der Waals surface area contributed by atoms with Gasteiger partial charge in [0.05, 0.1) is 17.4 Å². The summed E-state index contributed by atoms with van der Waals surface area (Å²) in [6, 6.07) is 12.4. The third-order valence-electron chi connectivity index (χ3n) is 3.26. The number of hydrogen-bond acceptors (Lipinski definition) is 4. The number of nitrogens with one attached hydrogen (secondary N) is 2. The minimum atomic E-state index is -0.326. The first kappa shape index (κ1) is 19.1. The molecule has 132 valence electrons. The number of amides is 2. The smallest absolute Gasteiger partial charge is 0.237 e. The zero-order valence-electron chi connectivity index (χ0n) is 14.1. The van der Waals surface area contributed by atoms with Crippen molar-refractivity contribution in [3.63, 3.8) is 0 Å². The van der Waals surface area contributed by atoms with E-state index in [0.717, 1.165) is 4.90 Å². The first-order chi connectivity index (χ1) is 11.9. The molecule has 0 aliphatic carbocycles. The van der Waals surface area contributed by atoms with E-state index < -0.39 is 0 Å². The van der Waals surface area contributed by atoms with Gasteiger partial charge in [0.15, 0.2) is 0 Å². The van der Waals surface area contributed by atoms with Gasteiger partial charge in [-0.25, -0.2) is 0 Å². The number of methoxy groups -OCH3 is 1. The van der Waals surface area contributed by atoms with Crippen molar-refractivity contribution in [3.8, 4) is 5.75 Å². The summed E-state index contributed by atoms with van der Waals surface area (Å²) in [6.07, 6.45) is 0. The Balaban J connectivity index is 2.00. The van der Waals surface area contributed by atoms with E-state index in [-0.39, 0.29) is 17.1 Å². The fraction of sp³-hybridized carbons (Fsp3) is 0.222. The Labute approximate surface area is 156 Å². The predicted molar refractivity (Wildman–Crippen MR) is 103 cm³/mol. The van der Waals surface area contributed by atoms with Gasteiger partial charge in [0.1, 0.15) is 5.75 Å². The van der Waals surface area contributed by atoms with Gasteiger partial charge < -0.3 is 15.4 Å². The topological polar surface area (TPSA) is 67.4 Å². The molecule has 1 unspecified atom stereocenters. The quantitative estimate of drug-likeness (QED) is 0.730. The predicted octanol–water partition coefficient (Wildman–Crippen LogP) is 4.43. The lowest BCUT2D eigenvalue weighted by Crippen LogP contribution is -2.22. The van der Waals surface area contributed by atoms with Gasteiger partial charge in [-0.1, -0.05) is 17.7 Å². The third kappa shape index (κ3) is 5.69. The molecule has 2 aromatic rings. The Bertz CT molecular complexity index is 783. The van der Waals surface area contributed by atoms with E-state index in [1.165, 1.54) is 25.8 Å². The lowest BCUT2D eigenvalue weighted by molar-refractivity contribution is -0.115. The summed E-state index contributed by atoms with van der Waals surface area (Å²) in [5.41, 5.74) is 1.31. The van der Waals surface area contributed by atoms with Crippen LogP contribution in [0.15, 0.2) is 47.4 Å². The van der Waals surface area contributed by atoms with Crippen molar-refractivity contribution in [1.82, 2.24) is 0 Å². The number of halogens is 1. The average Bonchev–Trinajstić information content (AvgIpc) is 2.54. The molecule has 1 atom stereocenters. The van der Waals surface area contributed by atoms with Crippen LogP contribution in [0.25, 0.3) is 0 Å². The molecule has 2 rings (SSSR count). The molecule has 5 nitrogen and oxygen atoms in total. The summed E-state index contributed by atoms with van der Waals surface area (Å²) in [4.78, 5) is 24.4. The van der Waals surface area contributed by atoms with Gasteiger partial charge >= 0.3 is 0 Å². The van der Waals surface area contributed by atoms with Crippen LogP contribution >= 0.6 is 23.4 Å². The zero-order valence-corrected chi connectivity index (χ0v) is 15.7. The van der Waals surface area contributed by atoms with Crippen LogP contribution in [0.5, 0.6) is 5.75 Å². The van der Waals surface area contributed by atoms with Crippen molar-refractivity contribution in [1.29, 1.82) is 0 Å². The van der Waals surface area contributed by atoms with E-state index in [1.54, 1.807) is 24.3 Å². The lowest BCUT2D eigenvalue weighted by Gasteiger charge is -2.13. The SMILES string of the molecule is COc1ccc(NC(=O)C(C)Sc2cccc(NC(C)=O)c2)cc1Cl. The molecule has 0 fully saturated rings. The van der Waals surface area contributed by atoms with Gasteiger partial charge in [-0.05, 0) is 43.3 Å². The van der Waals surface area contributed by atoms with Crippen molar-refractivity contribution < 1.29 is 14.3 Å². The minimum absolute atomic E-state index is 0.135. The van der Waals surface area contributed by atoms with Crippen LogP contribution in [0, 0.1) is 0 Å². The molecular weight excluding hydrogens is 360 g/mol. The summed E-state index contributed by atoms with van der Waals surface area (Å²) in [5.74, 6) is 0.275. The van der Waals surface area contributed by atoms with Crippen molar-refractivity contribution in [2.75, 3.05) is 17.7 Å². The highest BCUT2D eigenvalue weighted by atomic mass is 35.5. The second-order valence-electron chi connectivity index (χ2n) is 5.31. The number of anilines is 2. The standard InChI is InChI=1S/C18H19ClN2O3S/c1-11(25-15-6-4-5-13(9-15)20-12(2)22)18(23)21-14-7-8-17(24-3)16(19)10-14/h4-11H,1-3H3,(H,20,22)(H,21,23). The zero-order chi connectivity index (χ0) is 18.4. The highest BCUT2D eigenvalue weighted by Gasteiger charge is 2.15. The molecule has 0 heterocycles. The van der Waals surface area contributed by atoms with E-state index in [0.29, 0.717) is 22.1 Å². The highest BCUT2D eigenvalue weighted by molar-refractivity contribution is 8.00. The maximum absolute atomic E-state index is 12.4. The second-order valence-corrected chi connectivity index (χ2v) is 7.13. The number of benzene rings is 2. The van der Waals surface area contributed by atoms with E-state index in [1.807, 2.05) is 25.1 Å². The molecule has 0 aliphatic heterocycles. The van der Waals surface area contributed by atoms with Crippen molar-refractivity contribution in [2.24, 2.45) is 0 Å². The van der Waals surface area contributed by atoms with Crippen LogP contribution in [0.1, 0.15) is 13.8 Å². The lowest BCUT2D eigenvalue weighted by atomic mass is 10.3. The summed E-state index contributed by atoms with van der Waals surface area (Å²) in [7, 11) is 1.53. The van der Waals surface area contributed by atoms with E-state index >= 15 is 0 Å². The van der Waals surface area contributed by atoms with Crippen LogP contribution in [-0.2, 0) is 9.59 Å². The maximum Gasteiger partial charge on any atom is 0.237 e. The summed E-state index contributed by atoms with van der Waals surface area (Å²) in [6.45, 7) is 3.27. The number of carbonyl (C=O) groups is 2. The Kier molecular flexibility index (Phi) is 6.73. The Morgan fingerprint density at radius 2 is 1.84 bits per heavy atom. The van der Waals surface area contributed by atoms with E-state index in [9.17, 15) is 9.59 Å². The van der Waals surface area contributed by atoms with Crippen LogP contribution in [0.2, 0.25) is 5.02 Å². The molecule has 0 saturated carbocycles. The molecule has 0 saturated heterocycles. The van der Waals surface area contributed by atoms with Gasteiger partial charge in [0, 0.05) is 23.2 Å². The fourth-order valence-electron chi connectivity index (χ4n) is 2.10. The number of carbonyl (C=O) groups excluding carboxylic acids is 2. The monoisotopic (exact) mass is 378 g/mol. The first-order valence-corrected chi connectivity index (χ1v) is 8.83. The molecule has 0 radical (unpaired) electrons. The minimum Gasteiger partial charge on any atom is -0.495 e. The number of hydrogen-bond donors (Lipinski definition) is 2. The summed E-state index contributed by atoms with van der Waals surface area (Å²) in [5, 5.41) is 5.66. The number of thioether (sulfide) groups is 1. The van der Waals surface area contributed by atoms with Crippen LogP contribution < -0.4 is 15.4 Å². The van der Waals surface area contributed by atoms with Gasteiger partial charge in [-0.15, -0.1) is 11.8 Å². The first-order valence-electron chi connectivity index (χ1n) is 7.57. The maximum atomic E-state index is 12.4. The number of ether oxygens (including phenoxy) is 1. The molecule has 25 heavy (non-hydrogen) atoms. The van der Waals surface area contributed by atoms with Crippen molar-refractivity contribution in [2.45, 2.75) is 24.0 Å². The van der Waals surface area contributed by atoms with Crippen molar-refractivity contribution in [3.05, 3.63) is 47.5 Å². The molecule has 0 bridgehead atoms. The second kappa shape index (κ2) is 8.78. The van der Waals surface area contributed by atoms with Gasteiger partial charge in [-0.3, -0.25) is 9.59 Å². The average molecular weight is 379 g/mol. The molecule has 2 amide bonds. The molecule has 0 spiro atoms. The molecule has 2 aromatic carbocycles. The van der Waals surface area contributed by atoms with Gasteiger partial charge in [0.2, 0.25) is 11.8 Å². The molecule has 2 N–H and O–H groups in total. The van der Waals surface area contributed by atoms with Crippen LogP contribution in [-0.4, -0.2) is 24.2 Å². The molecular formula is C18H19ClN2O3S. The van der Waals surface area contributed by atoms with Crippen LogP contribution in [0.4, 0.5) is 11.4 Å². The van der Waals surface area contributed by atoms with Crippen molar-refractivity contribution >= 4 is 46.6 Å². The molecule has 0 aromatic heterocycles. The van der Waals surface area contributed by atoms with Gasteiger partial charge in [0.25, 0.3) is 0 Å². The molecule has 7 heteroatoms. The third-order valence-corrected chi connectivity index (χ3v) is 4.64. The Hall–Kier alpha value is -2.18. The Morgan fingerprint density at radius 3 is 2.48 bits per heavy atom. The van der Waals surface area contributed by atoms with Crippen LogP contribution in [0.3, 0.4) is 0 Å². The number of rotatable bonds is 6. The fourth-order valence-corrected chi connectivity index (χ4v) is 3.28.